The van der Waals surface area contributed by atoms with Gasteiger partial charge in [-0.15, -0.1) is 11.3 Å². The summed E-state index contributed by atoms with van der Waals surface area (Å²) in [4.78, 5) is 30.0. The number of fused-ring (bicyclic) bond motifs is 1. The lowest BCUT2D eigenvalue weighted by Gasteiger charge is -2.36. The van der Waals surface area contributed by atoms with E-state index < -0.39 is 0 Å². The number of thiophene rings is 1. The second-order valence-corrected chi connectivity index (χ2v) is 8.24. The molecule has 1 aliphatic rings. The van der Waals surface area contributed by atoms with Crippen molar-refractivity contribution in [3.05, 3.63) is 64.4 Å². The quantitative estimate of drug-likeness (QED) is 0.656. The van der Waals surface area contributed by atoms with E-state index in [2.05, 4.69) is 6.07 Å². The van der Waals surface area contributed by atoms with E-state index in [4.69, 9.17) is 4.74 Å². The lowest BCUT2D eigenvalue weighted by Crippen LogP contribution is -2.51. The first-order valence-corrected chi connectivity index (χ1v) is 10.6. The average Bonchev–Trinajstić information content (AvgIpc) is 3.32. The third-order valence-corrected chi connectivity index (χ3v) is 6.41. The Bertz CT molecular complexity index is 1020. The van der Waals surface area contributed by atoms with E-state index in [1.807, 2.05) is 64.6 Å². The Kier molecular flexibility index (Phi) is 5.53. The molecule has 2 aromatic carbocycles. The zero-order valence-electron chi connectivity index (χ0n) is 16.6. The van der Waals surface area contributed by atoms with Gasteiger partial charge >= 0.3 is 0 Å². The van der Waals surface area contributed by atoms with Crippen LogP contribution in [0, 0.1) is 0 Å². The third-order valence-electron chi connectivity index (χ3n) is 5.55. The average molecular weight is 409 g/mol. The Morgan fingerprint density at radius 2 is 1.66 bits per heavy atom. The molecule has 0 N–H and O–H groups in total. The number of carbonyl (C=O) groups is 2. The minimum atomic E-state index is -0.221. The van der Waals surface area contributed by atoms with Crippen molar-refractivity contribution in [2.24, 2.45) is 0 Å². The molecule has 3 aromatic rings. The Morgan fingerprint density at radius 3 is 2.34 bits per heavy atom. The molecular formula is C23H24N2O3S. The fraction of sp³-hybridized carbons (Fsp3) is 0.304. The predicted octanol–water partition coefficient (Wildman–Crippen LogP) is 4.00. The van der Waals surface area contributed by atoms with Gasteiger partial charge in [-0.1, -0.05) is 30.3 Å². The lowest BCUT2D eigenvalue weighted by atomic mass is 9.96. The van der Waals surface area contributed by atoms with Gasteiger partial charge in [-0.05, 0) is 46.8 Å². The minimum Gasteiger partial charge on any atom is -0.497 e. The monoisotopic (exact) mass is 408 g/mol. The summed E-state index contributed by atoms with van der Waals surface area (Å²) < 4.78 is 5.28. The van der Waals surface area contributed by atoms with Crippen LogP contribution in [0.4, 0.5) is 0 Å². The van der Waals surface area contributed by atoms with E-state index in [-0.39, 0.29) is 17.7 Å². The molecule has 1 saturated heterocycles. The smallest absolute Gasteiger partial charge is 0.264 e. The summed E-state index contributed by atoms with van der Waals surface area (Å²) in [6.07, 6.45) is 0. The fourth-order valence-electron chi connectivity index (χ4n) is 3.74. The Balaban J connectivity index is 1.42. The second kappa shape index (κ2) is 8.25. The van der Waals surface area contributed by atoms with Gasteiger partial charge in [0.05, 0.1) is 17.9 Å². The Hall–Kier alpha value is -2.86. The predicted molar refractivity (Wildman–Crippen MR) is 116 cm³/mol. The van der Waals surface area contributed by atoms with Crippen LogP contribution in [0.25, 0.3) is 10.8 Å². The van der Waals surface area contributed by atoms with Crippen molar-refractivity contribution >= 4 is 33.9 Å². The zero-order valence-corrected chi connectivity index (χ0v) is 17.4. The van der Waals surface area contributed by atoms with Gasteiger partial charge in [-0.25, -0.2) is 0 Å². The summed E-state index contributed by atoms with van der Waals surface area (Å²) in [7, 11) is 1.66. The maximum atomic E-state index is 13.0. The molecule has 5 nitrogen and oxygen atoms in total. The van der Waals surface area contributed by atoms with Gasteiger partial charge in [-0.3, -0.25) is 9.59 Å². The van der Waals surface area contributed by atoms with Crippen molar-refractivity contribution in [1.29, 1.82) is 0 Å². The number of hydrogen-bond donors (Lipinski definition) is 0. The molecule has 4 rings (SSSR count). The van der Waals surface area contributed by atoms with Crippen molar-refractivity contribution in [2.45, 2.75) is 12.8 Å². The number of methoxy groups -OCH3 is 1. The molecule has 1 unspecified atom stereocenters. The molecular weight excluding hydrogens is 384 g/mol. The van der Waals surface area contributed by atoms with Crippen molar-refractivity contribution in [2.75, 3.05) is 33.3 Å². The minimum absolute atomic E-state index is 0.0603. The van der Waals surface area contributed by atoms with Crippen molar-refractivity contribution in [3.63, 3.8) is 0 Å². The molecule has 1 fully saturated rings. The molecule has 1 atom stereocenters. The number of carbonyl (C=O) groups excluding carboxylic acids is 2. The van der Waals surface area contributed by atoms with Gasteiger partial charge in [-0.2, -0.15) is 0 Å². The van der Waals surface area contributed by atoms with E-state index in [0.717, 1.165) is 27.0 Å². The molecule has 0 aliphatic carbocycles. The summed E-state index contributed by atoms with van der Waals surface area (Å²) in [6, 6.07) is 15.8. The molecule has 0 saturated carbocycles. The van der Waals surface area contributed by atoms with Crippen LogP contribution < -0.4 is 4.74 Å². The number of benzene rings is 2. The highest BCUT2D eigenvalue weighted by Crippen LogP contribution is 2.26. The fourth-order valence-corrected chi connectivity index (χ4v) is 4.43. The number of amides is 2. The number of piperazine rings is 1. The first-order chi connectivity index (χ1) is 14.1. The van der Waals surface area contributed by atoms with E-state index in [1.165, 1.54) is 11.3 Å². The number of ether oxygens (including phenoxy) is 1. The summed E-state index contributed by atoms with van der Waals surface area (Å²) >= 11 is 1.46. The van der Waals surface area contributed by atoms with E-state index >= 15 is 0 Å². The van der Waals surface area contributed by atoms with Crippen LogP contribution in [0.15, 0.2) is 53.9 Å². The molecule has 2 heterocycles. The first-order valence-electron chi connectivity index (χ1n) is 9.76. The number of hydrogen-bond acceptors (Lipinski definition) is 4. The maximum absolute atomic E-state index is 13.0. The largest absolute Gasteiger partial charge is 0.497 e. The summed E-state index contributed by atoms with van der Waals surface area (Å²) in [6.45, 7) is 4.26. The van der Waals surface area contributed by atoms with Crippen molar-refractivity contribution in [3.8, 4) is 5.75 Å². The molecule has 0 bridgehead atoms. The molecule has 1 aromatic heterocycles. The van der Waals surface area contributed by atoms with Crippen LogP contribution >= 0.6 is 11.3 Å². The summed E-state index contributed by atoms with van der Waals surface area (Å²) in [5.74, 6) is 0.775. The SMILES string of the molecule is COc1ccc2cc(C(C)C(=O)N3CCN(C(=O)c4cccs4)CC3)ccc2c1. The Labute approximate surface area is 174 Å². The molecule has 29 heavy (non-hydrogen) atoms. The number of rotatable bonds is 4. The van der Waals surface area contributed by atoms with Crippen LogP contribution in [0.3, 0.4) is 0 Å². The standard InChI is InChI=1S/C23H24N2O3S/c1-16(17-5-6-19-15-20(28-2)8-7-18(19)14-17)22(26)24-9-11-25(12-10-24)23(27)21-4-3-13-29-21/h3-8,13-16H,9-12H2,1-2H3. The molecule has 2 amide bonds. The zero-order chi connectivity index (χ0) is 20.4. The van der Waals surface area contributed by atoms with Crippen LogP contribution in [-0.2, 0) is 4.79 Å². The van der Waals surface area contributed by atoms with Gasteiger partial charge in [0.15, 0.2) is 0 Å². The summed E-state index contributed by atoms with van der Waals surface area (Å²) in [5, 5.41) is 4.09. The van der Waals surface area contributed by atoms with Crippen molar-refractivity contribution < 1.29 is 14.3 Å². The highest BCUT2D eigenvalue weighted by molar-refractivity contribution is 7.12. The van der Waals surface area contributed by atoms with E-state index in [0.29, 0.717) is 26.2 Å². The molecule has 1 aliphatic heterocycles. The highest BCUT2D eigenvalue weighted by Gasteiger charge is 2.28. The summed E-state index contributed by atoms with van der Waals surface area (Å²) in [5.41, 5.74) is 1.00. The molecule has 0 radical (unpaired) electrons. The second-order valence-electron chi connectivity index (χ2n) is 7.29. The third kappa shape index (κ3) is 3.98. The van der Waals surface area contributed by atoms with Crippen LogP contribution in [0.5, 0.6) is 5.75 Å². The lowest BCUT2D eigenvalue weighted by molar-refractivity contribution is -0.133. The van der Waals surface area contributed by atoms with Crippen LogP contribution in [0.1, 0.15) is 28.1 Å². The molecule has 150 valence electrons. The van der Waals surface area contributed by atoms with Crippen LogP contribution in [0.2, 0.25) is 0 Å². The topological polar surface area (TPSA) is 49.9 Å². The highest BCUT2D eigenvalue weighted by atomic mass is 32.1. The normalized spacial score (nSPS) is 15.4. The van der Waals surface area contributed by atoms with Gasteiger partial charge in [0.25, 0.3) is 5.91 Å². The van der Waals surface area contributed by atoms with Crippen LogP contribution in [-0.4, -0.2) is 54.9 Å². The number of nitrogens with zero attached hydrogens (tertiary/aromatic N) is 2. The molecule has 6 heteroatoms. The van der Waals surface area contributed by atoms with Gasteiger partial charge in [0.1, 0.15) is 5.75 Å². The van der Waals surface area contributed by atoms with E-state index in [9.17, 15) is 9.59 Å². The molecule has 0 spiro atoms. The maximum Gasteiger partial charge on any atom is 0.264 e. The van der Waals surface area contributed by atoms with Gasteiger partial charge in [0, 0.05) is 26.2 Å². The first kappa shape index (κ1) is 19.5. The van der Waals surface area contributed by atoms with E-state index in [1.54, 1.807) is 7.11 Å². The Morgan fingerprint density at radius 1 is 0.966 bits per heavy atom. The van der Waals surface area contributed by atoms with Gasteiger partial charge < -0.3 is 14.5 Å². The van der Waals surface area contributed by atoms with Crippen molar-refractivity contribution in [1.82, 2.24) is 9.80 Å². The van der Waals surface area contributed by atoms with Gasteiger partial charge in [0.2, 0.25) is 5.91 Å².